The Morgan fingerprint density at radius 1 is 1.11 bits per heavy atom. The lowest BCUT2D eigenvalue weighted by Crippen LogP contribution is -2.46. The zero-order chi connectivity index (χ0) is 24.4. The number of nitrogens with one attached hydrogen (secondary N) is 1. The monoisotopic (exact) mass is 582 g/mol. The lowest BCUT2D eigenvalue weighted by atomic mass is 10.0. The van der Waals surface area contributed by atoms with E-state index in [4.69, 9.17) is 19.8 Å². The molecule has 178 valence electrons. The first-order valence-electron chi connectivity index (χ1n) is 11.3. The maximum atomic E-state index is 13.6. The van der Waals surface area contributed by atoms with E-state index in [1.807, 2.05) is 36.4 Å². The van der Waals surface area contributed by atoms with Gasteiger partial charge in [0, 0.05) is 16.4 Å². The molecular formula is C26H23IN4O4. The molecule has 2 aliphatic heterocycles. The first-order valence-corrected chi connectivity index (χ1v) is 12.4. The number of hydrogen-bond acceptors (Lipinski definition) is 6. The third kappa shape index (κ3) is 4.92. The number of benzene rings is 2. The minimum Gasteiger partial charge on any atom is -0.491 e. The highest BCUT2D eigenvalue weighted by Gasteiger charge is 2.45. The van der Waals surface area contributed by atoms with E-state index in [9.17, 15) is 9.59 Å². The summed E-state index contributed by atoms with van der Waals surface area (Å²) < 4.78 is 6.48. The van der Waals surface area contributed by atoms with Crippen molar-refractivity contribution in [2.45, 2.75) is 24.9 Å². The number of carbonyl (C=O) groups is 2. The van der Waals surface area contributed by atoms with Gasteiger partial charge < -0.3 is 15.2 Å². The van der Waals surface area contributed by atoms with Crippen LogP contribution in [0, 0.1) is 0 Å². The largest absolute Gasteiger partial charge is 0.491 e. The molecule has 0 saturated carbocycles. The summed E-state index contributed by atoms with van der Waals surface area (Å²) in [5.41, 5.74) is 3.26. The SMILES string of the molecule is O=C1N[C@H](c2ccc(OCCO)cc2)C(=O)N1[C@@H](Cc1ccccc1)C1=NC2=CC(I)=CCC2=N1. The Morgan fingerprint density at radius 2 is 1.89 bits per heavy atom. The maximum absolute atomic E-state index is 13.6. The van der Waals surface area contributed by atoms with Crippen LogP contribution in [-0.4, -0.2) is 52.7 Å². The highest BCUT2D eigenvalue weighted by atomic mass is 127. The highest BCUT2D eigenvalue weighted by molar-refractivity contribution is 14.1. The number of carbonyl (C=O) groups excluding carboxylic acids is 2. The average molecular weight is 582 g/mol. The van der Waals surface area contributed by atoms with Gasteiger partial charge in [-0.3, -0.25) is 9.69 Å². The quantitative estimate of drug-likeness (QED) is 0.366. The van der Waals surface area contributed by atoms with Crippen molar-refractivity contribution >= 4 is 46.1 Å². The minimum atomic E-state index is -0.813. The summed E-state index contributed by atoms with van der Waals surface area (Å²) in [6.45, 7) is 0.0971. The summed E-state index contributed by atoms with van der Waals surface area (Å²) in [4.78, 5) is 37.4. The zero-order valence-electron chi connectivity index (χ0n) is 18.7. The number of aliphatic hydroxyl groups is 1. The molecule has 3 amide bonds. The molecule has 9 heteroatoms. The van der Waals surface area contributed by atoms with Gasteiger partial charge in [-0.2, -0.15) is 0 Å². The predicted octanol–water partition coefficient (Wildman–Crippen LogP) is 3.72. The molecule has 2 N–H and O–H groups in total. The van der Waals surface area contributed by atoms with Crippen LogP contribution in [0.15, 0.2) is 86.0 Å². The number of nitrogens with zero attached hydrogens (tertiary/aromatic N) is 3. The van der Waals surface area contributed by atoms with Gasteiger partial charge in [-0.1, -0.05) is 48.5 Å². The maximum Gasteiger partial charge on any atom is 0.325 e. The van der Waals surface area contributed by atoms with Crippen LogP contribution in [0.1, 0.15) is 23.6 Å². The molecule has 0 spiro atoms. The second-order valence-corrected chi connectivity index (χ2v) is 9.53. The van der Waals surface area contributed by atoms with Crippen LogP contribution in [0.4, 0.5) is 4.79 Å². The fourth-order valence-corrected chi connectivity index (χ4v) is 4.79. The third-order valence-corrected chi connectivity index (χ3v) is 6.72. The average Bonchev–Trinajstić information content (AvgIpc) is 3.42. The molecule has 3 aliphatic rings. The van der Waals surface area contributed by atoms with Crippen molar-refractivity contribution in [2.24, 2.45) is 9.98 Å². The van der Waals surface area contributed by atoms with Crippen molar-refractivity contribution in [1.29, 1.82) is 0 Å². The number of hydrogen-bond donors (Lipinski definition) is 2. The van der Waals surface area contributed by atoms with Crippen LogP contribution in [0.2, 0.25) is 0 Å². The number of amidine groups is 1. The van der Waals surface area contributed by atoms with Crippen LogP contribution in [0.5, 0.6) is 5.75 Å². The third-order valence-electron chi connectivity index (χ3n) is 5.97. The topological polar surface area (TPSA) is 104 Å². The predicted molar refractivity (Wildman–Crippen MR) is 141 cm³/mol. The van der Waals surface area contributed by atoms with Crippen LogP contribution in [-0.2, 0) is 11.2 Å². The van der Waals surface area contributed by atoms with Crippen molar-refractivity contribution in [2.75, 3.05) is 13.2 Å². The standard InChI is InChI=1S/C26H23IN4O4/c27-18-8-11-20-21(15-18)29-24(28-20)22(14-16-4-2-1-3-5-16)31-25(33)23(30-26(31)34)17-6-9-19(10-7-17)35-13-12-32/h1-10,15,22-23,32H,11-14H2,(H,30,34)/t22-,23+/m0/s1. The molecule has 1 aliphatic carbocycles. The molecule has 1 fully saturated rings. The van der Waals surface area contributed by atoms with Gasteiger partial charge in [0.2, 0.25) is 0 Å². The Bertz CT molecular complexity index is 1270. The second kappa shape index (κ2) is 10.1. The molecule has 0 bridgehead atoms. The van der Waals surface area contributed by atoms with Crippen LogP contribution in [0.25, 0.3) is 0 Å². The van der Waals surface area contributed by atoms with Gasteiger partial charge in [-0.25, -0.2) is 14.8 Å². The fraction of sp³-hybridized carbons (Fsp3) is 0.231. The van der Waals surface area contributed by atoms with Gasteiger partial charge >= 0.3 is 6.03 Å². The summed E-state index contributed by atoms with van der Waals surface area (Å²) >= 11 is 2.25. The summed E-state index contributed by atoms with van der Waals surface area (Å²) in [5.74, 6) is 0.694. The number of allylic oxidation sites excluding steroid dienone is 4. The molecule has 0 aromatic heterocycles. The molecule has 2 aromatic rings. The van der Waals surface area contributed by atoms with Gasteiger partial charge in [0.15, 0.2) is 5.84 Å². The molecular weight excluding hydrogens is 559 g/mol. The molecule has 2 atom stereocenters. The van der Waals surface area contributed by atoms with Crippen molar-refractivity contribution in [1.82, 2.24) is 10.2 Å². The van der Waals surface area contributed by atoms with Gasteiger partial charge in [0.25, 0.3) is 5.91 Å². The molecule has 2 aromatic carbocycles. The molecule has 8 nitrogen and oxygen atoms in total. The van der Waals surface area contributed by atoms with E-state index in [1.54, 1.807) is 24.3 Å². The highest BCUT2D eigenvalue weighted by Crippen LogP contribution is 2.30. The van der Waals surface area contributed by atoms with E-state index >= 15 is 0 Å². The van der Waals surface area contributed by atoms with Crippen LogP contribution < -0.4 is 10.1 Å². The molecule has 1 saturated heterocycles. The van der Waals surface area contributed by atoms with E-state index in [-0.39, 0.29) is 19.1 Å². The Balaban J connectivity index is 1.44. The van der Waals surface area contributed by atoms with E-state index in [0.717, 1.165) is 20.6 Å². The van der Waals surface area contributed by atoms with Crippen LogP contribution >= 0.6 is 22.6 Å². The number of imide groups is 1. The lowest BCUT2D eigenvalue weighted by molar-refractivity contribution is -0.128. The van der Waals surface area contributed by atoms with Gasteiger partial charge in [-0.15, -0.1) is 0 Å². The van der Waals surface area contributed by atoms with Crippen molar-refractivity contribution in [3.05, 3.63) is 87.2 Å². The van der Waals surface area contributed by atoms with Gasteiger partial charge in [0.05, 0.1) is 18.0 Å². The normalized spacial score (nSPS) is 19.9. The van der Waals surface area contributed by atoms with E-state index in [0.29, 0.717) is 30.0 Å². The van der Waals surface area contributed by atoms with Crippen molar-refractivity contribution < 1.29 is 19.4 Å². The number of halogens is 1. The number of amides is 3. The zero-order valence-corrected chi connectivity index (χ0v) is 20.9. The molecule has 35 heavy (non-hydrogen) atoms. The Morgan fingerprint density at radius 3 is 2.63 bits per heavy atom. The number of aliphatic hydroxyl groups excluding tert-OH is 1. The summed E-state index contributed by atoms with van der Waals surface area (Å²) in [6.07, 6.45) is 5.12. The molecule has 0 radical (unpaired) electrons. The van der Waals surface area contributed by atoms with Gasteiger partial charge in [-0.05, 0) is 51.9 Å². The summed E-state index contributed by atoms with van der Waals surface area (Å²) in [6, 6.07) is 14.7. The first kappa shape index (κ1) is 23.4. The minimum absolute atomic E-state index is 0.0864. The molecule has 0 unspecified atom stereocenters. The number of urea groups is 1. The molecule has 2 heterocycles. The molecule has 5 rings (SSSR count). The smallest absolute Gasteiger partial charge is 0.325 e. The number of ether oxygens (including phenoxy) is 1. The summed E-state index contributed by atoms with van der Waals surface area (Å²) in [5, 5.41) is 11.7. The number of rotatable bonds is 8. The van der Waals surface area contributed by atoms with Crippen molar-refractivity contribution in [3.63, 3.8) is 0 Å². The van der Waals surface area contributed by atoms with Crippen LogP contribution in [0.3, 0.4) is 0 Å². The Labute approximate surface area is 216 Å². The number of aliphatic imine (C=N–C) groups is 2. The lowest BCUT2D eigenvalue weighted by Gasteiger charge is -2.24. The summed E-state index contributed by atoms with van der Waals surface area (Å²) in [7, 11) is 0. The first-order chi connectivity index (χ1) is 17.0. The van der Waals surface area contributed by atoms with Gasteiger partial charge in [0.1, 0.15) is 24.4 Å². The fourth-order valence-electron chi connectivity index (χ4n) is 4.28. The van der Waals surface area contributed by atoms with E-state index in [1.165, 1.54) is 4.90 Å². The van der Waals surface area contributed by atoms with Crippen molar-refractivity contribution in [3.8, 4) is 5.75 Å². The number of fused-ring (bicyclic) bond motifs is 1. The second-order valence-electron chi connectivity index (χ2n) is 8.29. The van der Waals surface area contributed by atoms with E-state index < -0.39 is 18.1 Å². The Kier molecular flexibility index (Phi) is 6.78. The van der Waals surface area contributed by atoms with E-state index in [2.05, 4.69) is 34.0 Å². The Hall–Kier alpha value is -3.31.